The average Bonchev–Trinajstić information content (AvgIpc) is 1.73. The van der Waals surface area contributed by atoms with Crippen molar-refractivity contribution in [2.45, 2.75) is 14.9 Å². The van der Waals surface area contributed by atoms with E-state index in [4.69, 9.17) is 5.11 Å². The Hall–Kier alpha value is 46.4. The van der Waals surface area contributed by atoms with Crippen LogP contribution in [0.25, 0.3) is 0 Å². The second kappa shape index (κ2) is 368. The largest absolute Gasteiger partial charge is 0.521 e. The first-order chi connectivity index (χ1) is 3.27. The second-order valence-electron chi connectivity index (χ2n) is 0.482. The number of carbonyl (C=O) groups is 1. The first-order valence-corrected chi connectivity index (χ1v) is 1.44. The molecule has 43 radical (unpaired) electrons. The zero-order valence-electron chi connectivity index (χ0n) is 29.2. The van der Waals surface area contributed by atoms with Crippen LogP contribution in [-0.2, 0) is 1410 Å². The van der Waals surface area contributed by atoms with Gasteiger partial charge in [0.15, 0.2) is 0 Å². The van der Waals surface area contributed by atoms with Crippen LogP contribution in [0.2, 0.25) is 0 Å². The van der Waals surface area contributed by atoms with Crippen molar-refractivity contribution < 1.29 is 1420 Å². The van der Waals surface area contributed by atoms with Gasteiger partial charge in [0.1, 0.15) is 5.97 Å². The van der Waals surface area contributed by atoms with Crippen LogP contribution in [0.1, 0.15) is 14.9 Å². The topological polar surface area (TPSA) is 68.8 Å². The molecule has 0 fully saturated rings. The molecule has 0 aliphatic rings. The van der Waals surface area contributed by atoms with Gasteiger partial charge in [-0.25, -0.2) is 0 Å². The van der Waals surface area contributed by atoms with Crippen molar-refractivity contribution in [3.05, 3.63) is 25.8 Å². The van der Waals surface area contributed by atoms with Crippen LogP contribution in [0.15, 0.2) is 13.2 Å². The van der Waals surface area contributed by atoms with Crippen LogP contribution >= 0.6 is 0 Å². The van der Waals surface area contributed by atoms with E-state index in [0.717, 1.165) is 0 Å². The summed E-state index contributed by atoms with van der Waals surface area (Å²) in [6, 6.07) is 0. The average molecular weight is 3970 g/mol. The van der Waals surface area contributed by atoms with Crippen molar-refractivity contribution in [2.75, 3.05) is 0 Å². The summed E-state index contributed by atoms with van der Waals surface area (Å²) in [4.78, 5) is 9.19. The monoisotopic (exact) mass is 3970 g/mol. The molecule has 3 nitrogen and oxygen atoms in total. The Labute approximate surface area is 1410 Å². The van der Waals surface area contributed by atoms with Crippen molar-refractivity contribution in [2.24, 2.45) is 0 Å². The number of carboxylic acid groups (broad SMARTS) is 1. The van der Waals surface area contributed by atoms with Gasteiger partial charge in [-0.1, -0.05) is 14.9 Å². The molecule has 0 spiro atoms. The van der Waals surface area contributed by atoms with Gasteiger partial charge in [-0.15, -0.1) is 0 Å². The predicted octanol–water partition coefficient (Wildman–Crippen LogP) is 1.01. The summed E-state index contributed by atoms with van der Waals surface area (Å²) in [7, 11) is 0. The quantitative estimate of drug-likeness (QED) is 0.315. The van der Waals surface area contributed by atoms with Crippen LogP contribution < -0.4 is 0 Å². The minimum atomic E-state index is -1.11. The van der Waals surface area contributed by atoms with Crippen LogP contribution in [0, 0.1) is 12.7 Å². The predicted molar refractivity (Wildman–Crippen MR) is 43.5 cm³/mol. The third-order valence-corrected chi connectivity index (χ3v) is 0.151. The van der Waals surface area contributed by atoms with Gasteiger partial charge >= 0.3 is 0 Å². The Kier molecular flexibility index (Phi) is 2530. The Morgan fingerprint density at radius 1 is 0.283 bits per heavy atom. The Morgan fingerprint density at radius 2 is 0.302 bits per heavy atom. The molecule has 3 N–H and O–H groups in total. The Morgan fingerprint density at radius 3 is 0.302 bits per heavy atom. The zero-order chi connectivity index (χ0) is 6.28. The fourth-order valence-electron chi connectivity index (χ4n) is 0. The first-order valence-electron chi connectivity index (χ1n) is 1.44. The van der Waals surface area contributed by atoms with E-state index < -0.39 is 5.97 Å². The van der Waals surface area contributed by atoms with Crippen LogP contribution in [0.5, 0.6) is 0 Å². The Balaban J connectivity index is -0.000000000112. The summed E-state index contributed by atoms with van der Waals surface area (Å²) in [5.41, 5.74) is 0. The molecule has 0 aromatic heterocycles. The normalized spacial score (nSPS) is 0.679. The molecule has 0 aliphatic heterocycles. The Bertz CT molecular complexity index is 106. The van der Waals surface area contributed by atoms with E-state index in [-0.39, 0.29) is 1430 Å². The molecule has 0 rings (SSSR count). The smallest absolute Gasteiger partial charge is 0.143 e. The number of rotatable bonds is 1. The molecule has 0 unspecified atom stereocenters. The maximum atomic E-state index is 9.19. The van der Waals surface area contributed by atoms with E-state index in [9.17, 15) is 4.79 Å². The summed E-state index contributed by atoms with van der Waals surface area (Å²) in [5, 5.41) is 7.55. The van der Waals surface area contributed by atoms with Crippen molar-refractivity contribution in [1.82, 2.24) is 0 Å². The molecule has 46 heteroatoms. The molecule has 53 heavy (non-hydrogen) atoms. The van der Waals surface area contributed by atoms with Crippen LogP contribution in [-0.4, -0.2) is 16.6 Å². The van der Waals surface area contributed by atoms with Crippen LogP contribution in [0.3, 0.4) is 0 Å². The second-order valence-corrected chi connectivity index (χ2v) is 0.482. The van der Waals surface area contributed by atoms with Crippen molar-refractivity contribution >= 4 is 5.97 Å². The fraction of sp³-hybridized carbons (Fsp3) is 0.286. The summed E-state index contributed by atoms with van der Waals surface area (Å²) in [6.07, 6.45) is 1.69. The van der Waals surface area contributed by atoms with Crippen molar-refractivity contribution in [3.63, 3.8) is 0 Å². The summed E-state index contributed by atoms with van der Waals surface area (Å²) in [6.45, 7) is 9.84. The molecule has 0 bridgehead atoms. The first kappa shape index (κ1) is 364. The van der Waals surface area contributed by atoms with Gasteiger partial charge in [0.05, 0.1) is 0 Å². The minimum Gasteiger partial charge on any atom is -0.521 e. The van der Waals surface area contributed by atoms with E-state index in [1.807, 2.05) is 0 Å². The number of aliphatic carboxylic acids is 1. The van der Waals surface area contributed by atoms with Crippen LogP contribution in [0.4, 0.5) is 0 Å². The molecule has 0 amide bonds. The standard InChI is InChI=1S/C3H3O2.C2H3.2CH4.H2O.43Y/c1-2-3(4)5;1-2;;;;;;;;;;;;;;;;;;;;;;;;;;;;;;;;;;;;;;;;;;;;;;/h1H2,(H,4,5);1H,2H2;2*1H4;1H2;;;;;;;;;;;;;;;;;;;;;;;;;;;;;;;;;;;;;;;;;;;/q2*-1;;;;;;;;;;;;;;;;;;;;;;;;;;;;;;;;;;;;;;;;;;;;;;. The molecule has 0 saturated heterocycles. The van der Waals surface area contributed by atoms with E-state index in [1.54, 1.807) is 6.08 Å². The van der Waals surface area contributed by atoms with E-state index >= 15 is 0 Å². The zero-order valence-corrected chi connectivity index (χ0v) is 151. The van der Waals surface area contributed by atoms with Gasteiger partial charge in [-0.3, -0.25) is 18.0 Å². The van der Waals surface area contributed by atoms with Gasteiger partial charge in [0.25, 0.3) is 0 Å². The SMILES string of the molecule is C.C.C=[C-]C(=O)O.O.[CH-]=C.[Y].[Y].[Y].[Y].[Y].[Y].[Y].[Y].[Y].[Y].[Y].[Y].[Y].[Y].[Y].[Y].[Y].[Y].[Y].[Y].[Y].[Y].[Y].[Y].[Y].[Y].[Y].[Y].[Y].[Y].[Y].[Y].[Y].[Y].[Y].[Y].[Y].[Y].[Y].[Y].[Y].[Y].[Y]. The third kappa shape index (κ3) is 390. The van der Waals surface area contributed by atoms with E-state index in [2.05, 4.69) is 19.7 Å². The molecular formula is C7H16O3Y43-2. The molecular weight excluding hydrogens is 3960 g/mol. The molecule has 0 aliphatic carbocycles. The van der Waals surface area contributed by atoms with Gasteiger partial charge in [0.2, 0.25) is 0 Å². The summed E-state index contributed by atoms with van der Waals surface area (Å²) in [5.74, 6) is -1.11. The maximum absolute atomic E-state index is 9.19. The minimum absolute atomic E-state index is 0. The van der Waals surface area contributed by atoms with Gasteiger partial charge in [0, 0.05) is 1410 Å². The van der Waals surface area contributed by atoms with E-state index in [1.165, 1.54) is 0 Å². The molecule has 0 atom stereocenters. The van der Waals surface area contributed by atoms with Gasteiger partial charge in [-0.2, -0.15) is 0 Å². The molecule has 0 aromatic rings. The third-order valence-electron chi connectivity index (χ3n) is 0.151. The van der Waals surface area contributed by atoms with Crippen molar-refractivity contribution in [3.8, 4) is 0 Å². The van der Waals surface area contributed by atoms with Crippen molar-refractivity contribution in [1.29, 1.82) is 0 Å². The van der Waals surface area contributed by atoms with Gasteiger partial charge < -0.3 is 23.2 Å². The van der Waals surface area contributed by atoms with E-state index in [0.29, 0.717) is 0 Å². The maximum Gasteiger partial charge on any atom is 0.143 e. The van der Waals surface area contributed by atoms with Gasteiger partial charge in [-0.05, 0) is 0 Å². The molecule has 0 aromatic carbocycles. The fourth-order valence-corrected chi connectivity index (χ4v) is 0. The number of carboxylic acids is 1. The summed E-state index contributed by atoms with van der Waals surface area (Å²) >= 11 is 0. The number of hydrogen-bond donors (Lipinski definition) is 1. The molecule has 193 valence electrons. The molecule has 0 saturated carbocycles. The summed E-state index contributed by atoms with van der Waals surface area (Å²) < 4.78 is 0. The molecule has 0 heterocycles. The number of hydrogen-bond acceptors (Lipinski definition) is 1.